The average molecular weight is 342 g/mol. The van der Waals surface area contributed by atoms with Crippen LogP contribution in [0.15, 0.2) is 53.7 Å². The van der Waals surface area contributed by atoms with Crippen molar-refractivity contribution in [1.29, 1.82) is 0 Å². The van der Waals surface area contributed by atoms with Crippen molar-refractivity contribution >= 4 is 5.96 Å². The second-order valence-electron chi connectivity index (χ2n) is 6.56. The molecule has 2 N–H and O–H groups in total. The lowest BCUT2D eigenvalue weighted by Crippen LogP contribution is -2.39. The van der Waals surface area contributed by atoms with Gasteiger partial charge in [-0.1, -0.05) is 38.1 Å². The summed E-state index contributed by atoms with van der Waals surface area (Å²) in [6.45, 7) is 8.04. The fraction of sp³-hybridized carbons (Fsp3) is 0.400. The zero-order chi connectivity index (χ0) is 18.1. The smallest absolute Gasteiger partial charge is 0.191 e. The molecule has 1 aromatic carbocycles. The molecule has 0 aliphatic carbocycles. The molecule has 1 aromatic heterocycles. The number of pyridine rings is 1. The van der Waals surface area contributed by atoms with E-state index in [2.05, 4.69) is 20.6 Å². The summed E-state index contributed by atoms with van der Waals surface area (Å²) in [4.78, 5) is 8.96. The first-order chi connectivity index (χ1) is 12.0. The quantitative estimate of drug-likeness (QED) is 0.600. The van der Waals surface area contributed by atoms with Crippen LogP contribution in [0.2, 0.25) is 0 Å². The number of nitrogens with zero attached hydrogens (tertiary/aromatic N) is 2. The van der Waals surface area contributed by atoms with Gasteiger partial charge in [-0.2, -0.15) is 0 Å². The van der Waals surface area contributed by atoms with Crippen molar-refractivity contribution in [1.82, 2.24) is 15.6 Å². The van der Waals surface area contributed by atoms with Gasteiger partial charge in [0.1, 0.15) is 5.82 Å². The van der Waals surface area contributed by atoms with Crippen LogP contribution in [0.4, 0.5) is 4.39 Å². The largest absolute Gasteiger partial charge is 0.357 e. The number of hydrogen-bond acceptors (Lipinski definition) is 2. The van der Waals surface area contributed by atoms with Crippen molar-refractivity contribution in [2.45, 2.75) is 32.6 Å². The molecule has 0 fully saturated rings. The minimum Gasteiger partial charge on any atom is -0.357 e. The number of aromatic nitrogens is 1. The first-order valence-corrected chi connectivity index (χ1v) is 8.70. The van der Waals surface area contributed by atoms with E-state index in [-0.39, 0.29) is 11.2 Å². The molecule has 4 nitrogen and oxygen atoms in total. The molecular weight excluding hydrogens is 315 g/mol. The average Bonchev–Trinajstić information content (AvgIpc) is 2.61. The van der Waals surface area contributed by atoms with Gasteiger partial charge < -0.3 is 10.6 Å². The van der Waals surface area contributed by atoms with Crippen molar-refractivity contribution < 1.29 is 4.39 Å². The Balaban J connectivity index is 1.97. The Morgan fingerprint density at radius 1 is 1.12 bits per heavy atom. The summed E-state index contributed by atoms with van der Waals surface area (Å²) in [6.07, 6.45) is 2.62. The fourth-order valence-corrected chi connectivity index (χ4v) is 2.57. The minimum atomic E-state index is -0.380. The van der Waals surface area contributed by atoms with E-state index >= 15 is 0 Å². The third-order valence-electron chi connectivity index (χ3n) is 3.98. The zero-order valence-electron chi connectivity index (χ0n) is 15.2. The predicted molar refractivity (Wildman–Crippen MR) is 101 cm³/mol. The summed E-state index contributed by atoms with van der Waals surface area (Å²) >= 11 is 0. The highest BCUT2D eigenvalue weighted by molar-refractivity contribution is 5.79. The monoisotopic (exact) mass is 342 g/mol. The standard InChI is InChI=1S/C20H27FN4/c1-4-22-19(24-14-12-16-9-7-8-13-23-16)25-15-20(2,3)17-10-5-6-11-18(17)21/h5-11,13H,4,12,14-15H2,1-3H3,(H2,22,24,25). The number of rotatable bonds is 7. The lowest BCUT2D eigenvalue weighted by Gasteiger charge is -2.24. The maximum Gasteiger partial charge on any atom is 0.191 e. The molecule has 0 amide bonds. The maximum atomic E-state index is 14.1. The maximum absolute atomic E-state index is 14.1. The van der Waals surface area contributed by atoms with E-state index in [1.165, 1.54) is 6.07 Å². The zero-order valence-corrected chi connectivity index (χ0v) is 15.2. The number of halogens is 1. The van der Waals surface area contributed by atoms with Gasteiger partial charge in [0, 0.05) is 36.8 Å². The van der Waals surface area contributed by atoms with Crippen LogP contribution in [0.5, 0.6) is 0 Å². The molecule has 0 spiro atoms. The number of hydrogen-bond donors (Lipinski definition) is 2. The van der Waals surface area contributed by atoms with E-state index < -0.39 is 0 Å². The van der Waals surface area contributed by atoms with E-state index in [0.29, 0.717) is 12.1 Å². The summed E-state index contributed by atoms with van der Waals surface area (Å²) in [5.41, 5.74) is 1.34. The van der Waals surface area contributed by atoms with Crippen molar-refractivity contribution in [2.75, 3.05) is 19.6 Å². The van der Waals surface area contributed by atoms with Crippen LogP contribution < -0.4 is 10.6 Å². The highest BCUT2D eigenvalue weighted by atomic mass is 19.1. The van der Waals surface area contributed by atoms with Crippen molar-refractivity contribution in [3.05, 3.63) is 65.7 Å². The molecular formula is C20H27FN4. The first-order valence-electron chi connectivity index (χ1n) is 8.70. The first kappa shape index (κ1) is 18.9. The molecule has 134 valence electrons. The number of nitrogens with one attached hydrogen (secondary N) is 2. The fourth-order valence-electron chi connectivity index (χ4n) is 2.57. The highest BCUT2D eigenvalue weighted by Gasteiger charge is 2.23. The molecule has 5 heteroatoms. The third kappa shape index (κ3) is 5.85. The van der Waals surface area contributed by atoms with Crippen molar-refractivity contribution in [2.24, 2.45) is 4.99 Å². The SMILES string of the molecule is CCNC(=NCC(C)(C)c1ccccc1F)NCCc1ccccn1. The Bertz CT molecular complexity index is 683. The Morgan fingerprint density at radius 2 is 1.88 bits per heavy atom. The van der Waals surface area contributed by atoms with Crippen LogP contribution in [-0.2, 0) is 11.8 Å². The summed E-state index contributed by atoms with van der Waals surface area (Å²) in [5, 5.41) is 6.55. The van der Waals surface area contributed by atoms with Gasteiger partial charge in [-0.15, -0.1) is 0 Å². The van der Waals surface area contributed by atoms with Gasteiger partial charge in [0.05, 0.1) is 6.54 Å². The highest BCUT2D eigenvalue weighted by Crippen LogP contribution is 2.25. The van der Waals surface area contributed by atoms with E-state index in [4.69, 9.17) is 0 Å². The Morgan fingerprint density at radius 3 is 2.56 bits per heavy atom. The molecule has 2 rings (SSSR count). The summed E-state index contributed by atoms with van der Waals surface area (Å²) in [6, 6.07) is 12.8. The van der Waals surface area contributed by atoms with E-state index in [1.807, 2.05) is 51.1 Å². The molecule has 0 radical (unpaired) electrons. The molecule has 0 saturated heterocycles. The van der Waals surface area contributed by atoms with Gasteiger partial charge in [-0.05, 0) is 30.7 Å². The Labute approximate surface area is 149 Å². The van der Waals surface area contributed by atoms with Gasteiger partial charge in [0.2, 0.25) is 0 Å². The van der Waals surface area contributed by atoms with Gasteiger partial charge in [0.15, 0.2) is 5.96 Å². The second kappa shape index (κ2) is 9.16. The lowest BCUT2D eigenvalue weighted by atomic mass is 9.84. The van der Waals surface area contributed by atoms with E-state index in [0.717, 1.165) is 31.2 Å². The van der Waals surface area contributed by atoms with Gasteiger partial charge in [-0.25, -0.2) is 4.39 Å². The molecule has 25 heavy (non-hydrogen) atoms. The van der Waals surface area contributed by atoms with Gasteiger partial charge >= 0.3 is 0 Å². The predicted octanol–water partition coefficient (Wildman–Crippen LogP) is 3.30. The Kier molecular flexibility index (Phi) is 6.92. The molecule has 0 aliphatic heterocycles. The van der Waals surface area contributed by atoms with Crippen LogP contribution >= 0.6 is 0 Å². The molecule has 2 aromatic rings. The van der Waals surface area contributed by atoms with E-state index in [1.54, 1.807) is 12.3 Å². The van der Waals surface area contributed by atoms with Crippen LogP contribution in [-0.4, -0.2) is 30.6 Å². The summed E-state index contributed by atoms with van der Waals surface area (Å²) < 4.78 is 14.1. The van der Waals surface area contributed by atoms with Crippen LogP contribution in [0.1, 0.15) is 32.0 Å². The molecule has 0 aliphatic rings. The van der Waals surface area contributed by atoms with Gasteiger partial charge in [0.25, 0.3) is 0 Å². The number of benzene rings is 1. The van der Waals surface area contributed by atoms with Gasteiger partial charge in [-0.3, -0.25) is 9.98 Å². The number of aliphatic imine (C=N–C) groups is 1. The van der Waals surface area contributed by atoms with Crippen molar-refractivity contribution in [3.8, 4) is 0 Å². The molecule has 0 atom stereocenters. The topological polar surface area (TPSA) is 49.3 Å². The third-order valence-corrected chi connectivity index (χ3v) is 3.98. The minimum absolute atomic E-state index is 0.184. The second-order valence-corrected chi connectivity index (χ2v) is 6.56. The van der Waals surface area contributed by atoms with E-state index in [9.17, 15) is 4.39 Å². The summed E-state index contributed by atoms with van der Waals surface area (Å²) in [5.74, 6) is 0.554. The van der Waals surface area contributed by atoms with Crippen LogP contribution in [0.3, 0.4) is 0 Å². The summed E-state index contributed by atoms with van der Waals surface area (Å²) in [7, 11) is 0. The molecule has 1 heterocycles. The van der Waals surface area contributed by atoms with Crippen LogP contribution in [0, 0.1) is 5.82 Å². The molecule has 0 bridgehead atoms. The normalized spacial score (nSPS) is 12.1. The molecule has 0 unspecified atom stereocenters. The van der Waals surface area contributed by atoms with Crippen molar-refractivity contribution in [3.63, 3.8) is 0 Å². The lowest BCUT2D eigenvalue weighted by molar-refractivity contribution is 0.492. The van der Waals surface area contributed by atoms with Crippen LogP contribution in [0.25, 0.3) is 0 Å². The Hall–Kier alpha value is -2.43. The molecule has 0 saturated carbocycles. The number of guanidine groups is 1.